The van der Waals surface area contributed by atoms with E-state index in [1.807, 2.05) is 0 Å². The van der Waals surface area contributed by atoms with Gasteiger partial charge in [-0.15, -0.1) is 0 Å². The molecule has 1 fully saturated rings. The molecule has 112 valence electrons. The van der Waals surface area contributed by atoms with Crippen LogP contribution < -0.4 is 4.74 Å². The number of hydrogen-bond acceptors (Lipinski definition) is 2. The molecule has 1 N–H and O–H groups in total. The molecule has 1 saturated carbocycles. The van der Waals surface area contributed by atoms with Gasteiger partial charge in [-0.2, -0.15) is 0 Å². The number of aliphatic hydroxyl groups excluding tert-OH is 1. The lowest BCUT2D eigenvalue weighted by molar-refractivity contribution is 0.0251. The molecular formula is C19H24O2. The summed E-state index contributed by atoms with van der Waals surface area (Å²) in [5.41, 5.74) is 4.50. The molecule has 0 spiro atoms. The van der Waals surface area contributed by atoms with E-state index >= 15 is 0 Å². The van der Waals surface area contributed by atoms with Gasteiger partial charge < -0.3 is 9.84 Å². The lowest BCUT2D eigenvalue weighted by Gasteiger charge is -2.45. The van der Waals surface area contributed by atoms with Crippen molar-refractivity contribution >= 4 is 5.57 Å². The molecule has 0 aromatic heterocycles. The van der Waals surface area contributed by atoms with Crippen molar-refractivity contribution in [2.75, 3.05) is 7.11 Å². The summed E-state index contributed by atoms with van der Waals surface area (Å²) in [6.45, 7) is 2.30. The van der Waals surface area contributed by atoms with Crippen LogP contribution in [0.25, 0.3) is 5.57 Å². The van der Waals surface area contributed by atoms with Crippen LogP contribution in [0.5, 0.6) is 5.75 Å². The summed E-state index contributed by atoms with van der Waals surface area (Å²) in [7, 11) is 1.73. The first kappa shape index (κ1) is 13.4. The van der Waals surface area contributed by atoms with E-state index in [4.69, 9.17) is 4.74 Å². The first-order valence-corrected chi connectivity index (χ1v) is 8.19. The van der Waals surface area contributed by atoms with Crippen LogP contribution in [0.15, 0.2) is 24.3 Å². The Bertz CT molecular complexity index is 604. The Hall–Kier alpha value is -1.28. The molecule has 0 radical (unpaired) electrons. The van der Waals surface area contributed by atoms with Crippen molar-refractivity contribution in [3.63, 3.8) is 0 Å². The number of allylic oxidation sites excluding steroid dienone is 2. The van der Waals surface area contributed by atoms with Gasteiger partial charge in [-0.25, -0.2) is 0 Å². The SMILES string of the molecule is COc1ccc2c(c1)CC[C@H]1C2=CC[C@@]2(C)[C@H](O)CC[C@H]12. The Kier molecular flexibility index (Phi) is 2.94. The van der Waals surface area contributed by atoms with E-state index in [1.165, 1.54) is 29.5 Å². The van der Waals surface area contributed by atoms with Crippen LogP contribution >= 0.6 is 0 Å². The Morgan fingerprint density at radius 2 is 2.10 bits per heavy atom. The van der Waals surface area contributed by atoms with Crippen LogP contribution in [0.1, 0.15) is 43.7 Å². The monoisotopic (exact) mass is 284 g/mol. The van der Waals surface area contributed by atoms with E-state index in [9.17, 15) is 5.11 Å². The number of methoxy groups -OCH3 is 1. The van der Waals surface area contributed by atoms with Gasteiger partial charge in [-0.05, 0) is 72.8 Å². The Labute approximate surface area is 126 Å². The zero-order valence-electron chi connectivity index (χ0n) is 12.9. The number of rotatable bonds is 1. The van der Waals surface area contributed by atoms with Crippen molar-refractivity contribution in [2.24, 2.45) is 17.3 Å². The zero-order valence-corrected chi connectivity index (χ0v) is 12.9. The van der Waals surface area contributed by atoms with E-state index in [1.54, 1.807) is 7.11 Å². The molecule has 1 aromatic carbocycles. The topological polar surface area (TPSA) is 29.5 Å². The molecule has 0 aliphatic heterocycles. The van der Waals surface area contributed by atoms with Crippen LogP contribution in [-0.4, -0.2) is 18.3 Å². The number of fused-ring (bicyclic) bond motifs is 5. The van der Waals surface area contributed by atoms with Gasteiger partial charge in [0.25, 0.3) is 0 Å². The minimum Gasteiger partial charge on any atom is -0.497 e. The molecule has 2 nitrogen and oxygen atoms in total. The number of aryl methyl sites for hydroxylation is 1. The molecule has 21 heavy (non-hydrogen) atoms. The van der Waals surface area contributed by atoms with Crippen molar-refractivity contribution in [1.29, 1.82) is 0 Å². The highest BCUT2D eigenvalue weighted by molar-refractivity contribution is 5.73. The summed E-state index contributed by atoms with van der Waals surface area (Å²) in [6.07, 6.45) is 7.85. The van der Waals surface area contributed by atoms with Gasteiger partial charge in [0.2, 0.25) is 0 Å². The highest BCUT2D eigenvalue weighted by atomic mass is 16.5. The summed E-state index contributed by atoms with van der Waals surface area (Å²) in [6, 6.07) is 6.52. The number of benzene rings is 1. The second kappa shape index (κ2) is 4.61. The Balaban J connectivity index is 1.76. The number of ether oxygens (including phenoxy) is 1. The third-order valence-corrected chi connectivity index (χ3v) is 6.35. The highest BCUT2D eigenvalue weighted by Gasteiger charge is 2.51. The lowest BCUT2D eigenvalue weighted by atomic mass is 9.60. The average molecular weight is 284 g/mol. The normalized spacial score (nSPS) is 37.3. The quantitative estimate of drug-likeness (QED) is 0.849. The molecule has 1 aromatic rings. The molecule has 3 aliphatic rings. The van der Waals surface area contributed by atoms with Crippen LogP contribution in [0.2, 0.25) is 0 Å². The molecule has 0 bridgehead atoms. The van der Waals surface area contributed by atoms with Crippen molar-refractivity contribution in [3.8, 4) is 5.75 Å². The molecule has 0 heterocycles. The molecule has 2 heteroatoms. The number of hydrogen-bond donors (Lipinski definition) is 1. The van der Waals surface area contributed by atoms with Crippen molar-refractivity contribution in [3.05, 3.63) is 35.4 Å². The van der Waals surface area contributed by atoms with Crippen molar-refractivity contribution in [1.82, 2.24) is 0 Å². The van der Waals surface area contributed by atoms with Gasteiger partial charge >= 0.3 is 0 Å². The van der Waals surface area contributed by atoms with Gasteiger partial charge in [0.05, 0.1) is 13.2 Å². The first-order valence-electron chi connectivity index (χ1n) is 8.19. The second-order valence-corrected chi connectivity index (χ2v) is 7.24. The summed E-state index contributed by atoms with van der Waals surface area (Å²) >= 11 is 0. The smallest absolute Gasteiger partial charge is 0.119 e. The van der Waals surface area contributed by atoms with E-state index in [0.717, 1.165) is 25.0 Å². The Morgan fingerprint density at radius 1 is 1.24 bits per heavy atom. The minimum atomic E-state index is -0.113. The van der Waals surface area contributed by atoms with E-state index in [0.29, 0.717) is 11.8 Å². The third kappa shape index (κ3) is 1.81. The van der Waals surface area contributed by atoms with E-state index < -0.39 is 0 Å². The molecular weight excluding hydrogens is 260 g/mol. The fraction of sp³-hybridized carbons (Fsp3) is 0.579. The van der Waals surface area contributed by atoms with Crippen molar-refractivity contribution in [2.45, 2.75) is 45.1 Å². The van der Waals surface area contributed by atoms with Gasteiger partial charge in [-0.1, -0.05) is 19.1 Å². The summed E-state index contributed by atoms with van der Waals surface area (Å²) in [4.78, 5) is 0. The molecule has 0 saturated heterocycles. The second-order valence-electron chi connectivity index (χ2n) is 7.24. The predicted octanol–water partition coefficient (Wildman–Crippen LogP) is 3.82. The summed E-state index contributed by atoms with van der Waals surface area (Å²) in [5.74, 6) is 2.26. The molecule has 4 atom stereocenters. The maximum absolute atomic E-state index is 10.4. The largest absolute Gasteiger partial charge is 0.497 e. The average Bonchev–Trinajstić information content (AvgIpc) is 2.82. The Morgan fingerprint density at radius 3 is 2.90 bits per heavy atom. The van der Waals surface area contributed by atoms with Crippen LogP contribution in [0, 0.1) is 17.3 Å². The van der Waals surface area contributed by atoms with Gasteiger partial charge in [0, 0.05) is 5.41 Å². The van der Waals surface area contributed by atoms with Gasteiger partial charge in [0.1, 0.15) is 5.75 Å². The predicted molar refractivity (Wildman–Crippen MR) is 84.2 cm³/mol. The van der Waals surface area contributed by atoms with Gasteiger partial charge in [0.15, 0.2) is 0 Å². The summed E-state index contributed by atoms with van der Waals surface area (Å²) in [5, 5.41) is 10.4. The number of aliphatic hydroxyl groups is 1. The molecule has 4 rings (SSSR count). The highest BCUT2D eigenvalue weighted by Crippen LogP contribution is 2.58. The first-order chi connectivity index (χ1) is 10.1. The van der Waals surface area contributed by atoms with Gasteiger partial charge in [-0.3, -0.25) is 0 Å². The standard InChI is InChI=1S/C19H24O2/c1-19-10-9-15-14-6-4-13(21-2)11-12(14)3-5-16(15)17(19)7-8-18(19)20/h4,6,9,11,16-18,20H,3,5,7-8,10H2,1-2H3/t16-,17+,18+,19+/m0/s1. The van der Waals surface area contributed by atoms with E-state index in [2.05, 4.69) is 31.2 Å². The van der Waals surface area contributed by atoms with Crippen LogP contribution in [-0.2, 0) is 6.42 Å². The maximum atomic E-state index is 10.4. The molecule has 0 unspecified atom stereocenters. The van der Waals surface area contributed by atoms with Crippen LogP contribution in [0.4, 0.5) is 0 Å². The lowest BCUT2D eigenvalue weighted by Crippen LogP contribution is -2.40. The fourth-order valence-corrected chi connectivity index (χ4v) is 5.05. The third-order valence-electron chi connectivity index (χ3n) is 6.35. The summed E-state index contributed by atoms with van der Waals surface area (Å²) < 4.78 is 5.36. The fourth-order valence-electron chi connectivity index (χ4n) is 5.05. The van der Waals surface area contributed by atoms with E-state index in [-0.39, 0.29) is 11.5 Å². The van der Waals surface area contributed by atoms with Crippen LogP contribution in [0.3, 0.4) is 0 Å². The zero-order chi connectivity index (χ0) is 14.6. The maximum Gasteiger partial charge on any atom is 0.119 e. The van der Waals surface area contributed by atoms with Crippen molar-refractivity contribution < 1.29 is 9.84 Å². The molecule has 3 aliphatic carbocycles. The minimum absolute atomic E-state index is 0.109. The molecule has 0 amide bonds.